The lowest BCUT2D eigenvalue weighted by atomic mass is 9.96. The van der Waals surface area contributed by atoms with Crippen LogP contribution in [0.25, 0.3) is 0 Å². The summed E-state index contributed by atoms with van der Waals surface area (Å²) in [6.45, 7) is 0.967. The number of carbonyl (C=O) groups is 1. The van der Waals surface area contributed by atoms with Crippen LogP contribution in [0.3, 0.4) is 0 Å². The van der Waals surface area contributed by atoms with Crippen molar-refractivity contribution in [3.05, 3.63) is 29.1 Å². The highest BCUT2D eigenvalue weighted by atomic mass is 19.1. The molecule has 0 radical (unpaired) electrons. The van der Waals surface area contributed by atoms with Crippen molar-refractivity contribution in [2.45, 2.75) is 31.7 Å². The molecule has 0 saturated carbocycles. The van der Waals surface area contributed by atoms with Crippen LogP contribution in [0.5, 0.6) is 5.75 Å². The predicted molar refractivity (Wildman–Crippen MR) is 69.3 cm³/mol. The lowest BCUT2D eigenvalue weighted by Gasteiger charge is -2.23. The molecular weight excluding hydrogens is 249 g/mol. The summed E-state index contributed by atoms with van der Waals surface area (Å²) in [6.07, 6.45) is 3.99. The number of rotatable bonds is 4. The molecule has 1 atom stereocenters. The van der Waals surface area contributed by atoms with Gasteiger partial charge in [0.2, 0.25) is 0 Å². The summed E-state index contributed by atoms with van der Waals surface area (Å²) in [6, 6.07) is 3.16. The summed E-state index contributed by atoms with van der Waals surface area (Å²) in [5, 5.41) is 12.5. The van der Waals surface area contributed by atoms with Gasteiger partial charge in [-0.3, -0.25) is 0 Å². The number of nitrogens with one attached hydrogen (secondary N) is 1. The van der Waals surface area contributed by atoms with Gasteiger partial charge in [0.25, 0.3) is 0 Å². The molecule has 1 unspecified atom stereocenters. The van der Waals surface area contributed by atoms with E-state index in [2.05, 4.69) is 5.32 Å². The first-order valence-electron chi connectivity index (χ1n) is 6.45. The Labute approximate surface area is 111 Å². The number of benzene rings is 1. The molecule has 1 fully saturated rings. The molecule has 1 aliphatic rings. The van der Waals surface area contributed by atoms with Gasteiger partial charge in [-0.25, -0.2) is 9.18 Å². The van der Waals surface area contributed by atoms with Crippen molar-refractivity contribution in [2.75, 3.05) is 13.7 Å². The van der Waals surface area contributed by atoms with E-state index in [1.807, 2.05) is 0 Å². The molecule has 1 aromatic rings. The summed E-state index contributed by atoms with van der Waals surface area (Å²) in [4.78, 5) is 11.1. The van der Waals surface area contributed by atoms with E-state index >= 15 is 0 Å². The number of hydrogen-bond acceptors (Lipinski definition) is 3. The van der Waals surface area contributed by atoms with Crippen LogP contribution < -0.4 is 10.1 Å². The van der Waals surface area contributed by atoms with Gasteiger partial charge in [0, 0.05) is 6.04 Å². The van der Waals surface area contributed by atoms with E-state index in [1.165, 1.54) is 19.2 Å². The van der Waals surface area contributed by atoms with Crippen LogP contribution in [0.2, 0.25) is 0 Å². The fourth-order valence-corrected chi connectivity index (χ4v) is 2.52. The standard InChI is InChI=1S/C14H18FNO3/c1-19-13-11(14(17)18)7-9(8-12(13)15)6-10-4-2-3-5-16-10/h7-8,10,16H,2-6H2,1H3,(H,17,18). The molecule has 19 heavy (non-hydrogen) atoms. The summed E-state index contributed by atoms with van der Waals surface area (Å²) < 4.78 is 18.6. The molecule has 0 aliphatic carbocycles. The third-order valence-corrected chi connectivity index (χ3v) is 3.43. The van der Waals surface area contributed by atoms with Crippen molar-refractivity contribution >= 4 is 5.97 Å². The number of carboxylic acid groups (broad SMARTS) is 1. The molecule has 0 spiro atoms. The molecular formula is C14H18FNO3. The number of hydrogen-bond donors (Lipinski definition) is 2. The Kier molecular flexibility index (Phi) is 4.37. The van der Waals surface area contributed by atoms with Crippen molar-refractivity contribution in [2.24, 2.45) is 0 Å². The Hall–Kier alpha value is -1.62. The molecule has 1 aliphatic heterocycles. The van der Waals surface area contributed by atoms with Gasteiger partial charge in [-0.05, 0) is 43.5 Å². The maximum absolute atomic E-state index is 13.8. The third kappa shape index (κ3) is 3.23. The van der Waals surface area contributed by atoms with E-state index in [9.17, 15) is 9.18 Å². The van der Waals surface area contributed by atoms with Crippen LogP contribution in [0, 0.1) is 5.82 Å². The highest BCUT2D eigenvalue weighted by Crippen LogP contribution is 2.26. The summed E-state index contributed by atoms with van der Waals surface area (Å²) in [5.41, 5.74) is 0.573. The molecule has 1 aromatic carbocycles. The van der Waals surface area contributed by atoms with Gasteiger partial charge in [-0.15, -0.1) is 0 Å². The van der Waals surface area contributed by atoms with Crippen LogP contribution in [-0.4, -0.2) is 30.8 Å². The predicted octanol–water partition coefficient (Wildman–Crippen LogP) is 2.22. The maximum Gasteiger partial charge on any atom is 0.339 e. The summed E-state index contributed by atoms with van der Waals surface area (Å²) >= 11 is 0. The van der Waals surface area contributed by atoms with Crippen molar-refractivity contribution in [1.82, 2.24) is 5.32 Å². The number of carboxylic acids is 1. The van der Waals surface area contributed by atoms with E-state index < -0.39 is 11.8 Å². The zero-order valence-corrected chi connectivity index (χ0v) is 10.9. The molecule has 1 heterocycles. The van der Waals surface area contributed by atoms with E-state index in [0.717, 1.165) is 25.8 Å². The van der Waals surface area contributed by atoms with E-state index in [1.54, 1.807) is 0 Å². The van der Waals surface area contributed by atoms with Crippen LogP contribution in [-0.2, 0) is 6.42 Å². The van der Waals surface area contributed by atoms with Gasteiger partial charge < -0.3 is 15.2 Å². The van der Waals surface area contributed by atoms with Gasteiger partial charge >= 0.3 is 5.97 Å². The Morgan fingerprint density at radius 3 is 2.89 bits per heavy atom. The Morgan fingerprint density at radius 1 is 1.53 bits per heavy atom. The summed E-state index contributed by atoms with van der Waals surface area (Å²) in [5.74, 6) is -1.99. The first-order chi connectivity index (χ1) is 9.11. The van der Waals surface area contributed by atoms with Crippen molar-refractivity contribution in [1.29, 1.82) is 0 Å². The quantitative estimate of drug-likeness (QED) is 0.878. The van der Waals surface area contributed by atoms with Crippen molar-refractivity contribution in [3.8, 4) is 5.75 Å². The Morgan fingerprint density at radius 2 is 2.32 bits per heavy atom. The van der Waals surface area contributed by atoms with Gasteiger partial charge in [-0.2, -0.15) is 0 Å². The smallest absolute Gasteiger partial charge is 0.339 e. The Bertz CT molecular complexity index is 470. The van der Waals surface area contributed by atoms with Gasteiger partial charge in [0.05, 0.1) is 7.11 Å². The SMILES string of the molecule is COc1c(F)cc(CC2CCCCN2)cc1C(=O)O. The lowest BCUT2D eigenvalue weighted by Crippen LogP contribution is -2.35. The molecule has 0 aromatic heterocycles. The number of aromatic carboxylic acids is 1. The molecule has 2 N–H and O–H groups in total. The first kappa shape index (κ1) is 13.8. The second-order valence-electron chi connectivity index (χ2n) is 4.81. The average molecular weight is 267 g/mol. The minimum atomic E-state index is -1.17. The van der Waals surface area contributed by atoms with E-state index in [4.69, 9.17) is 9.84 Å². The fourth-order valence-electron chi connectivity index (χ4n) is 2.52. The highest BCUT2D eigenvalue weighted by molar-refractivity contribution is 5.91. The second kappa shape index (κ2) is 6.02. The van der Waals surface area contributed by atoms with E-state index in [-0.39, 0.29) is 11.3 Å². The zero-order valence-electron chi connectivity index (χ0n) is 10.9. The largest absolute Gasteiger partial charge is 0.493 e. The third-order valence-electron chi connectivity index (χ3n) is 3.43. The first-order valence-corrected chi connectivity index (χ1v) is 6.45. The van der Waals surface area contributed by atoms with Crippen molar-refractivity contribution in [3.63, 3.8) is 0 Å². The van der Waals surface area contributed by atoms with Crippen LogP contribution in [0.1, 0.15) is 35.2 Å². The topological polar surface area (TPSA) is 58.6 Å². The lowest BCUT2D eigenvalue weighted by molar-refractivity contribution is 0.0692. The number of halogens is 1. The number of methoxy groups -OCH3 is 1. The van der Waals surface area contributed by atoms with Crippen LogP contribution in [0.15, 0.2) is 12.1 Å². The number of ether oxygens (including phenoxy) is 1. The summed E-state index contributed by atoms with van der Waals surface area (Å²) in [7, 11) is 1.27. The van der Waals surface area contributed by atoms with Crippen molar-refractivity contribution < 1.29 is 19.0 Å². The minimum Gasteiger partial charge on any atom is -0.493 e. The normalized spacial score (nSPS) is 19.2. The van der Waals surface area contributed by atoms with Gasteiger partial charge in [0.15, 0.2) is 11.6 Å². The fraction of sp³-hybridized carbons (Fsp3) is 0.500. The average Bonchev–Trinajstić information content (AvgIpc) is 2.39. The van der Waals surface area contributed by atoms with Crippen LogP contribution in [0.4, 0.5) is 4.39 Å². The zero-order chi connectivity index (χ0) is 13.8. The maximum atomic E-state index is 13.8. The molecule has 104 valence electrons. The number of piperidine rings is 1. The van der Waals surface area contributed by atoms with Gasteiger partial charge in [-0.1, -0.05) is 6.42 Å². The molecule has 1 saturated heterocycles. The Balaban J connectivity index is 2.23. The second-order valence-corrected chi connectivity index (χ2v) is 4.81. The molecule has 5 heteroatoms. The molecule has 2 rings (SSSR count). The molecule has 4 nitrogen and oxygen atoms in total. The van der Waals surface area contributed by atoms with Gasteiger partial charge in [0.1, 0.15) is 5.56 Å². The molecule has 0 bridgehead atoms. The van der Waals surface area contributed by atoms with E-state index in [0.29, 0.717) is 18.0 Å². The monoisotopic (exact) mass is 267 g/mol. The molecule has 0 amide bonds. The van der Waals surface area contributed by atoms with Crippen LogP contribution >= 0.6 is 0 Å². The highest BCUT2D eigenvalue weighted by Gasteiger charge is 2.19. The minimum absolute atomic E-state index is 0.117.